The lowest BCUT2D eigenvalue weighted by Gasteiger charge is -1.98. The number of fused-ring (bicyclic) bond motifs is 1. The van der Waals surface area contributed by atoms with Crippen LogP contribution in [0, 0.1) is 19.7 Å². The lowest BCUT2D eigenvalue weighted by Crippen LogP contribution is -2.11. The van der Waals surface area contributed by atoms with E-state index in [-0.39, 0.29) is 11.6 Å². The van der Waals surface area contributed by atoms with E-state index in [9.17, 15) is 9.18 Å². The van der Waals surface area contributed by atoms with Gasteiger partial charge in [0, 0.05) is 22.5 Å². The van der Waals surface area contributed by atoms with E-state index in [0.29, 0.717) is 27.5 Å². The molecule has 0 saturated heterocycles. The highest BCUT2D eigenvalue weighted by Crippen LogP contribution is 2.26. The molecule has 5 nitrogen and oxygen atoms in total. The standard InChI is InChI=1S/C13H10FN3O2S/c1-6-9-5-8(14)3-4-10(9)19-11(6)12(18)16-13-15-7(2)17-20-13/h3-5H,1-2H3,(H,15,16,17,18). The van der Waals surface area contributed by atoms with Crippen LogP contribution >= 0.6 is 11.5 Å². The summed E-state index contributed by atoms with van der Waals surface area (Å²) in [5.74, 6) is -0.0458. The smallest absolute Gasteiger partial charge is 0.293 e. The Morgan fingerprint density at radius 3 is 2.90 bits per heavy atom. The number of furan rings is 1. The van der Waals surface area contributed by atoms with Crippen LogP contribution in [0.4, 0.5) is 9.52 Å². The Morgan fingerprint density at radius 2 is 2.20 bits per heavy atom. The largest absolute Gasteiger partial charge is 0.451 e. The molecule has 3 aromatic rings. The number of nitrogens with one attached hydrogen (secondary N) is 1. The van der Waals surface area contributed by atoms with Crippen molar-refractivity contribution in [3.05, 3.63) is 41.2 Å². The first-order chi connectivity index (χ1) is 9.54. The summed E-state index contributed by atoms with van der Waals surface area (Å²) in [6, 6.07) is 4.14. The summed E-state index contributed by atoms with van der Waals surface area (Å²) in [6.45, 7) is 3.45. The van der Waals surface area contributed by atoms with Crippen LogP contribution in [0.5, 0.6) is 0 Å². The van der Waals surface area contributed by atoms with E-state index in [1.54, 1.807) is 13.8 Å². The fraction of sp³-hybridized carbons (Fsp3) is 0.154. The predicted molar refractivity (Wildman–Crippen MR) is 73.5 cm³/mol. The maximum Gasteiger partial charge on any atom is 0.293 e. The second-order valence-electron chi connectivity index (χ2n) is 4.30. The molecule has 0 aliphatic carbocycles. The van der Waals surface area contributed by atoms with Gasteiger partial charge in [0.25, 0.3) is 5.91 Å². The van der Waals surface area contributed by atoms with Gasteiger partial charge < -0.3 is 4.42 Å². The minimum atomic E-state index is -0.421. The van der Waals surface area contributed by atoms with Crippen molar-refractivity contribution in [2.24, 2.45) is 0 Å². The van der Waals surface area contributed by atoms with Crippen molar-refractivity contribution in [2.45, 2.75) is 13.8 Å². The quantitative estimate of drug-likeness (QED) is 0.786. The third kappa shape index (κ3) is 2.16. The van der Waals surface area contributed by atoms with Crippen molar-refractivity contribution in [2.75, 3.05) is 5.32 Å². The lowest BCUT2D eigenvalue weighted by molar-refractivity contribution is 0.0998. The highest BCUT2D eigenvalue weighted by molar-refractivity contribution is 7.09. The summed E-state index contributed by atoms with van der Waals surface area (Å²) in [6.07, 6.45) is 0. The molecule has 1 N–H and O–H groups in total. The Kier molecular flexibility index (Phi) is 2.98. The van der Waals surface area contributed by atoms with Crippen LogP contribution in [0.2, 0.25) is 0 Å². The zero-order valence-electron chi connectivity index (χ0n) is 10.7. The normalized spacial score (nSPS) is 10.9. The van der Waals surface area contributed by atoms with Gasteiger partial charge >= 0.3 is 0 Å². The maximum absolute atomic E-state index is 13.2. The molecule has 0 aliphatic rings. The molecular weight excluding hydrogens is 281 g/mol. The summed E-state index contributed by atoms with van der Waals surface area (Å²) in [7, 11) is 0. The van der Waals surface area contributed by atoms with Gasteiger partial charge in [0.05, 0.1) is 0 Å². The topological polar surface area (TPSA) is 68.0 Å². The van der Waals surface area contributed by atoms with Crippen LogP contribution in [0.3, 0.4) is 0 Å². The van der Waals surface area contributed by atoms with Gasteiger partial charge in [0.15, 0.2) is 5.76 Å². The number of benzene rings is 1. The number of hydrogen-bond donors (Lipinski definition) is 1. The van der Waals surface area contributed by atoms with Crippen molar-refractivity contribution in [3.8, 4) is 0 Å². The van der Waals surface area contributed by atoms with Crippen LogP contribution in [0.1, 0.15) is 21.9 Å². The van der Waals surface area contributed by atoms with Crippen molar-refractivity contribution >= 4 is 33.5 Å². The number of amides is 1. The summed E-state index contributed by atoms with van der Waals surface area (Å²) in [4.78, 5) is 16.2. The fourth-order valence-corrected chi connectivity index (χ4v) is 2.48. The number of hydrogen-bond acceptors (Lipinski definition) is 5. The summed E-state index contributed by atoms with van der Waals surface area (Å²) < 4.78 is 22.7. The van der Waals surface area contributed by atoms with Gasteiger partial charge in [0.1, 0.15) is 17.2 Å². The van der Waals surface area contributed by atoms with Gasteiger partial charge in [-0.2, -0.15) is 4.37 Å². The molecule has 2 aromatic heterocycles. The zero-order chi connectivity index (χ0) is 14.3. The molecule has 1 aromatic carbocycles. The maximum atomic E-state index is 13.2. The van der Waals surface area contributed by atoms with E-state index in [0.717, 1.165) is 11.5 Å². The van der Waals surface area contributed by atoms with E-state index in [4.69, 9.17) is 4.42 Å². The molecule has 0 spiro atoms. The molecule has 1 amide bonds. The molecular formula is C13H10FN3O2S. The molecule has 0 bridgehead atoms. The molecule has 3 rings (SSSR count). The van der Waals surface area contributed by atoms with E-state index >= 15 is 0 Å². The molecule has 2 heterocycles. The van der Waals surface area contributed by atoms with Crippen LogP contribution in [-0.4, -0.2) is 15.3 Å². The van der Waals surface area contributed by atoms with Crippen LogP contribution in [-0.2, 0) is 0 Å². The van der Waals surface area contributed by atoms with Gasteiger partial charge in [-0.15, -0.1) is 0 Å². The van der Waals surface area contributed by atoms with Crippen LogP contribution < -0.4 is 5.32 Å². The molecule has 0 radical (unpaired) electrons. The Labute approximate surface area is 117 Å². The highest BCUT2D eigenvalue weighted by Gasteiger charge is 2.19. The van der Waals surface area contributed by atoms with Crippen molar-refractivity contribution in [3.63, 3.8) is 0 Å². The Hall–Kier alpha value is -2.28. The summed E-state index contributed by atoms with van der Waals surface area (Å²) in [5, 5.41) is 3.60. The Bertz CT molecular complexity index is 809. The fourth-order valence-electron chi connectivity index (χ4n) is 1.91. The van der Waals surface area contributed by atoms with Crippen molar-refractivity contribution in [1.29, 1.82) is 0 Å². The van der Waals surface area contributed by atoms with E-state index in [1.807, 2.05) is 0 Å². The molecule has 0 saturated carbocycles. The number of aromatic nitrogens is 2. The number of rotatable bonds is 2. The Morgan fingerprint density at radius 1 is 1.40 bits per heavy atom. The minimum Gasteiger partial charge on any atom is -0.451 e. The first-order valence-electron chi connectivity index (χ1n) is 5.85. The minimum absolute atomic E-state index is 0.151. The average Bonchev–Trinajstić information content (AvgIpc) is 2.94. The van der Waals surface area contributed by atoms with Gasteiger partial charge in [-0.25, -0.2) is 9.37 Å². The van der Waals surface area contributed by atoms with Crippen molar-refractivity contribution < 1.29 is 13.6 Å². The van der Waals surface area contributed by atoms with E-state index in [2.05, 4.69) is 14.7 Å². The molecule has 0 fully saturated rings. The first-order valence-corrected chi connectivity index (χ1v) is 6.62. The van der Waals surface area contributed by atoms with E-state index < -0.39 is 5.91 Å². The molecule has 20 heavy (non-hydrogen) atoms. The molecule has 102 valence electrons. The lowest BCUT2D eigenvalue weighted by atomic mass is 10.1. The molecule has 0 unspecified atom stereocenters. The van der Waals surface area contributed by atoms with E-state index in [1.165, 1.54) is 18.2 Å². The number of aryl methyl sites for hydroxylation is 2. The van der Waals surface area contributed by atoms with Crippen LogP contribution in [0.15, 0.2) is 22.6 Å². The molecule has 0 aliphatic heterocycles. The van der Waals surface area contributed by atoms with Crippen molar-refractivity contribution in [1.82, 2.24) is 9.36 Å². The molecule has 7 heteroatoms. The van der Waals surface area contributed by atoms with Gasteiger partial charge in [-0.1, -0.05) is 0 Å². The van der Waals surface area contributed by atoms with Crippen LogP contribution in [0.25, 0.3) is 11.0 Å². The third-order valence-electron chi connectivity index (χ3n) is 2.85. The number of halogens is 1. The third-order valence-corrected chi connectivity index (χ3v) is 3.57. The van der Waals surface area contributed by atoms with Gasteiger partial charge in [-0.3, -0.25) is 10.1 Å². The van der Waals surface area contributed by atoms with Gasteiger partial charge in [0.2, 0.25) is 5.13 Å². The average molecular weight is 291 g/mol. The second-order valence-corrected chi connectivity index (χ2v) is 5.05. The second kappa shape index (κ2) is 4.68. The Balaban J connectivity index is 1.97. The highest BCUT2D eigenvalue weighted by atomic mass is 32.1. The number of carbonyl (C=O) groups is 1. The first kappa shape index (κ1) is 12.7. The SMILES string of the molecule is Cc1nsc(NC(=O)c2oc3ccc(F)cc3c2C)n1. The monoisotopic (exact) mass is 291 g/mol. The zero-order valence-corrected chi connectivity index (χ0v) is 11.5. The number of anilines is 1. The predicted octanol–water partition coefficient (Wildman–Crippen LogP) is 3.29. The number of carbonyl (C=O) groups excluding carboxylic acids is 1. The summed E-state index contributed by atoms with van der Waals surface area (Å²) >= 11 is 1.09. The van der Waals surface area contributed by atoms with Gasteiger partial charge in [-0.05, 0) is 32.0 Å². The molecule has 0 atom stereocenters. The number of nitrogens with zero attached hydrogens (tertiary/aromatic N) is 2. The summed E-state index contributed by atoms with van der Waals surface area (Å²) in [5.41, 5.74) is 1.07.